The number of ether oxygens (including phenoxy) is 1. The van der Waals surface area contributed by atoms with E-state index < -0.39 is 52.9 Å². The lowest BCUT2D eigenvalue weighted by molar-refractivity contribution is -0.235. The fraction of sp³-hybridized carbons (Fsp3) is 0.579. The molecule has 2 bridgehead atoms. The lowest BCUT2D eigenvalue weighted by Gasteiger charge is -2.56. The Morgan fingerprint density at radius 3 is 2.50 bits per heavy atom. The second kappa shape index (κ2) is 5.85. The van der Waals surface area contributed by atoms with Crippen LogP contribution < -0.4 is 0 Å². The minimum atomic E-state index is -1.94. The average molecular weight is 364 g/mol. The number of ketones is 2. The van der Waals surface area contributed by atoms with Gasteiger partial charge in [-0.15, -0.1) is 0 Å². The van der Waals surface area contributed by atoms with Crippen molar-refractivity contribution < 1.29 is 34.8 Å². The molecule has 4 rings (SSSR count). The Balaban J connectivity index is 2.20. The quantitative estimate of drug-likeness (QED) is 0.250. The maximum Gasteiger partial charge on any atom is 0.189 e. The molecule has 3 saturated carbocycles. The van der Waals surface area contributed by atoms with Gasteiger partial charge in [0.2, 0.25) is 0 Å². The number of Topliss-reactive ketones (excluding diaryl/α,β-unsaturated/α-hetero) is 2. The van der Waals surface area contributed by atoms with Gasteiger partial charge in [-0.25, -0.2) is 0 Å². The molecule has 26 heavy (non-hydrogen) atoms. The van der Waals surface area contributed by atoms with E-state index >= 15 is 0 Å². The molecule has 0 aromatic carbocycles. The minimum Gasteiger partial charge on any atom is -0.508 e. The van der Waals surface area contributed by atoms with E-state index in [4.69, 9.17) is 4.74 Å². The molecule has 0 radical (unpaired) electrons. The molecule has 1 saturated heterocycles. The maximum absolute atomic E-state index is 13.1. The highest BCUT2D eigenvalue weighted by Gasteiger charge is 2.75. The maximum atomic E-state index is 13.1. The van der Waals surface area contributed by atoms with E-state index in [-0.39, 0.29) is 17.8 Å². The molecule has 1 aliphatic heterocycles. The van der Waals surface area contributed by atoms with Crippen LogP contribution >= 0.6 is 0 Å². The number of hydrogen-bond donors (Lipinski definition) is 4. The molecule has 0 amide bonds. The van der Waals surface area contributed by atoms with Crippen molar-refractivity contribution in [1.82, 2.24) is 0 Å². The van der Waals surface area contributed by atoms with Crippen LogP contribution in [0.2, 0.25) is 0 Å². The molecule has 142 valence electrons. The third-order valence-electron chi connectivity index (χ3n) is 6.01. The summed E-state index contributed by atoms with van der Waals surface area (Å²) in [5.74, 6) is -5.29. The van der Waals surface area contributed by atoms with Gasteiger partial charge in [-0.2, -0.15) is 0 Å². The van der Waals surface area contributed by atoms with Crippen molar-refractivity contribution in [3.63, 3.8) is 0 Å². The molecule has 6 atom stereocenters. The molecule has 0 aromatic rings. The predicted octanol–water partition coefficient (Wildman–Crippen LogP) is 0.556. The Bertz CT molecular complexity index is 747. The first kappa shape index (κ1) is 19.0. The summed E-state index contributed by atoms with van der Waals surface area (Å²) in [5.41, 5.74) is -3.68. The summed E-state index contributed by atoms with van der Waals surface area (Å²) in [6, 6.07) is 0. The molecule has 0 aromatic heterocycles. The van der Waals surface area contributed by atoms with Crippen LogP contribution in [0.25, 0.3) is 0 Å². The Labute approximate surface area is 151 Å². The number of carbonyl (C=O) groups is 2. The molecule has 0 spiro atoms. The molecule has 1 heterocycles. The summed E-state index contributed by atoms with van der Waals surface area (Å²) in [6.45, 7) is 3.80. The largest absolute Gasteiger partial charge is 0.508 e. The van der Waals surface area contributed by atoms with Crippen LogP contribution in [0.4, 0.5) is 0 Å². The van der Waals surface area contributed by atoms with Crippen LogP contribution in [-0.4, -0.2) is 56.1 Å². The summed E-state index contributed by atoms with van der Waals surface area (Å²) in [6.07, 6.45) is 5.27. The van der Waals surface area contributed by atoms with Crippen LogP contribution in [0.5, 0.6) is 0 Å². The topological polar surface area (TPSA) is 124 Å². The third-order valence-corrected chi connectivity index (χ3v) is 6.01. The molecule has 3 aliphatic carbocycles. The number of aliphatic hydroxyl groups excluding tert-OH is 2. The number of hydrogen-bond acceptors (Lipinski definition) is 7. The summed E-state index contributed by atoms with van der Waals surface area (Å²) < 4.78 is 5.60. The monoisotopic (exact) mass is 364 g/mol. The Kier molecular flexibility index (Phi) is 4.27. The first-order valence-corrected chi connectivity index (χ1v) is 8.60. The van der Waals surface area contributed by atoms with Crippen LogP contribution in [0, 0.1) is 17.3 Å². The van der Waals surface area contributed by atoms with Gasteiger partial charge in [-0.1, -0.05) is 18.2 Å². The van der Waals surface area contributed by atoms with Gasteiger partial charge < -0.3 is 25.2 Å². The average Bonchev–Trinajstić information content (AvgIpc) is 2.94. The first-order chi connectivity index (χ1) is 12.0. The van der Waals surface area contributed by atoms with Crippen molar-refractivity contribution in [2.75, 3.05) is 6.61 Å². The van der Waals surface area contributed by atoms with E-state index in [9.17, 15) is 30.0 Å². The zero-order valence-corrected chi connectivity index (χ0v) is 15.0. The number of fused-ring (bicyclic) bond motifs is 2. The predicted molar refractivity (Wildman–Crippen MR) is 90.9 cm³/mol. The van der Waals surface area contributed by atoms with E-state index in [0.717, 1.165) is 0 Å². The number of rotatable bonds is 3. The van der Waals surface area contributed by atoms with E-state index in [1.165, 1.54) is 26.0 Å². The van der Waals surface area contributed by atoms with Crippen molar-refractivity contribution in [2.45, 2.75) is 44.7 Å². The fourth-order valence-corrected chi connectivity index (χ4v) is 4.69. The second-order valence-electron chi connectivity index (χ2n) is 7.67. The SMILES string of the molecule is C/C=C/C=C/C(O)=C1/C(=O)[C@]2(C)C(=O)[C@@](C)(O)[C@H]1[C@@H]1O[C@](O)(CO)C[C@@H]12. The molecule has 4 aliphatic rings. The second-order valence-corrected chi connectivity index (χ2v) is 7.67. The van der Waals surface area contributed by atoms with Crippen molar-refractivity contribution in [2.24, 2.45) is 17.3 Å². The number of aliphatic hydroxyl groups is 4. The van der Waals surface area contributed by atoms with Crippen LogP contribution in [0.15, 0.2) is 35.6 Å². The van der Waals surface area contributed by atoms with Gasteiger partial charge >= 0.3 is 0 Å². The van der Waals surface area contributed by atoms with E-state index in [0.29, 0.717) is 0 Å². The first-order valence-electron chi connectivity index (χ1n) is 8.60. The van der Waals surface area contributed by atoms with Crippen LogP contribution in [0.3, 0.4) is 0 Å². The molecule has 0 unspecified atom stereocenters. The fourth-order valence-electron chi connectivity index (χ4n) is 4.69. The smallest absolute Gasteiger partial charge is 0.189 e. The third kappa shape index (κ3) is 2.28. The lowest BCUT2D eigenvalue weighted by Crippen LogP contribution is -2.71. The van der Waals surface area contributed by atoms with Crippen LogP contribution in [-0.2, 0) is 14.3 Å². The summed E-state index contributed by atoms with van der Waals surface area (Å²) in [4.78, 5) is 26.0. The van der Waals surface area contributed by atoms with Gasteiger partial charge in [-0.3, -0.25) is 9.59 Å². The Morgan fingerprint density at radius 2 is 1.92 bits per heavy atom. The van der Waals surface area contributed by atoms with Gasteiger partial charge in [0, 0.05) is 17.9 Å². The van der Waals surface area contributed by atoms with E-state index in [2.05, 4.69) is 0 Å². The lowest BCUT2D eigenvalue weighted by atomic mass is 9.46. The summed E-state index contributed by atoms with van der Waals surface area (Å²) >= 11 is 0. The van der Waals surface area contributed by atoms with Crippen molar-refractivity contribution in [3.05, 3.63) is 35.6 Å². The minimum absolute atomic E-state index is 0.0821. The van der Waals surface area contributed by atoms with Crippen molar-refractivity contribution in [3.8, 4) is 0 Å². The van der Waals surface area contributed by atoms with Gasteiger partial charge in [0.25, 0.3) is 0 Å². The standard InChI is InChI=1S/C19H24O7/c1-4-5-6-7-11(21)12-13-14-10(8-19(25,9-20)26-14)17(2,15(12)22)16(23)18(13,3)24/h4-7,10,13-14,20-21,24-25H,8-9H2,1-3H3/b5-4+,7-6+,12-11-/t10-,13+,14+,17+,18-,19-/m0/s1. The van der Waals surface area contributed by atoms with Crippen molar-refractivity contribution >= 4 is 11.6 Å². The van der Waals surface area contributed by atoms with Gasteiger partial charge in [-0.05, 0) is 26.8 Å². The zero-order valence-electron chi connectivity index (χ0n) is 15.0. The number of allylic oxidation sites excluding steroid dienone is 4. The highest BCUT2D eigenvalue weighted by Crippen LogP contribution is 2.62. The molecule has 7 nitrogen and oxygen atoms in total. The van der Waals surface area contributed by atoms with Gasteiger partial charge in [0.1, 0.15) is 11.4 Å². The van der Waals surface area contributed by atoms with Crippen molar-refractivity contribution in [1.29, 1.82) is 0 Å². The highest BCUT2D eigenvalue weighted by atomic mass is 16.6. The summed E-state index contributed by atoms with van der Waals surface area (Å²) in [7, 11) is 0. The van der Waals surface area contributed by atoms with E-state index in [1.807, 2.05) is 0 Å². The highest BCUT2D eigenvalue weighted by molar-refractivity contribution is 6.21. The molecule has 4 N–H and O–H groups in total. The molecule has 7 heteroatoms. The van der Waals surface area contributed by atoms with Crippen LogP contribution in [0.1, 0.15) is 27.2 Å². The molecular formula is C19H24O7. The normalized spacial score (nSPS) is 47.2. The summed E-state index contributed by atoms with van der Waals surface area (Å²) in [5, 5.41) is 41.2. The Morgan fingerprint density at radius 1 is 1.27 bits per heavy atom. The molecule has 4 fully saturated rings. The van der Waals surface area contributed by atoms with Gasteiger partial charge in [0.15, 0.2) is 17.4 Å². The number of carbonyl (C=O) groups excluding carboxylic acids is 2. The zero-order chi connectivity index (χ0) is 19.5. The van der Waals surface area contributed by atoms with E-state index in [1.54, 1.807) is 19.1 Å². The van der Waals surface area contributed by atoms with Gasteiger partial charge in [0.05, 0.1) is 24.0 Å². The Hall–Kier alpha value is -1.80. The molecular weight excluding hydrogens is 340 g/mol.